The Morgan fingerprint density at radius 2 is 1.89 bits per heavy atom. The number of nitrogens with zero attached hydrogens (tertiary/aromatic N) is 4. The number of nitrogens with one attached hydrogen (secondary N) is 1. The monoisotopic (exact) mass is 495 g/mol. The van der Waals surface area contributed by atoms with Crippen LogP contribution in [0.4, 0.5) is 5.69 Å². The summed E-state index contributed by atoms with van der Waals surface area (Å²) >= 11 is 0. The van der Waals surface area contributed by atoms with Crippen LogP contribution in [0, 0.1) is 6.92 Å². The third-order valence-corrected chi connectivity index (χ3v) is 6.11. The fraction of sp³-hybridized carbons (Fsp3) is 0.148. The van der Waals surface area contributed by atoms with Crippen molar-refractivity contribution in [1.82, 2.24) is 25.1 Å². The Hall–Kier alpha value is -4.83. The third-order valence-electron chi connectivity index (χ3n) is 6.11. The van der Waals surface area contributed by atoms with Gasteiger partial charge in [0.05, 0.1) is 28.8 Å². The van der Waals surface area contributed by atoms with Crippen molar-refractivity contribution in [2.24, 2.45) is 5.73 Å². The average Bonchev–Trinajstić information content (AvgIpc) is 3.39. The van der Waals surface area contributed by atoms with Gasteiger partial charge in [0.25, 0.3) is 5.91 Å². The Morgan fingerprint density at radius 1 is 1.08 bits per heavy atom. The Balaban J connectivity index is 1.54. The van der Waals surface area contributed by atoms with Crippen molar-refractivity contribution in [1.29, 1.82) is 0 Å². The molecule has 3 heterocycles. The molecule has 10 heteroatoms. The molecule has 186 valence electrons. The van der Waals surface area contributed by atoms with E-state index in [1.165, 1.54) is 0 Å². The Labute approximate surface area is 212 Å². The number of anilines is 1. The highest BCUT2D eigenvalue weighted by molar-refractivity contribution is 6.05. The number of aryl methyl sites for hydroxylation is 1. The fourth-order valence-electron chi connectivity index (χ4n) is 4.24. The van der Waals surface area contributed by atoms with E-state index < -0.39 is 5.91 Å². The van der Waals surface area contributed by atoms with Crippen molar-refractivity contribution in [3.63, 3.8) is 0 Å². The highest BCUT2D eigenvalue weighted by Crippen LogP contribution is 2.37. The van der Waals surface area contributed by atoms with E-state index in [1.54, 1.807) is 31.6 Å². The quantitative estimate of drug-likeness (QED) is 0.293. The van der Waals surface area contributed by atoms with E-state index in [9.17, 15) is 4.79 Å². The highest BCUT2D eigenvalue weighted by Gasteiger charge is 2.21. The van der Waals surface area contributed by atoms with Gasteiger partial charge < -0.3 is 20.9 Å². The van der Waals surface area contributed by atoms with E-state index in [4.69, 9.17) is 20.9 Å². The lowest BCUT2D eigenvalue weighted by molar-refractivity contribution is 0.0542. The molecular formula is C27H25N7O3. The van der Waals surface area contributed by atoms with Crippen LogP contribution in [-0.4, -0.2) is 44.8 Å². The van der Waals surface area contributed by atoms with Gasteiger partial charge in [-0.15, -0.1) is 0 Å². The van der Waals surface area contributed by atoms with E-state index in [0.717, 1.165) is 27.6 Å². The first-order chi connectivity index (χ1) is 18.0. The van der Waals surface area contributed by atoms with Crippen LogP contribution in [0.2, 0.25) is 0 Å². The Kier molecular flexibility index (Phi) is 6.48. The number of carbonyl (C=O) groups excluding carboxylic acids is 1. The molecule has 0 saturated heterocycles. The molecule has 3 aromatic heterocycles. The molecule has 0 radical (unpaired) electrons. The minimum atomic E-state index is -0.742. The largest absolute Gasteiger partial charge is 0.460 e. The highest BCUT2D eigenvalue weighted by atomic mass is 16.5. The smallest absolute Gasteiger partial charge is 0.317 e. The van der Waals surface area contributed by atoms with E-state index >= 15 is 0 Å². The zero-order valence-electron chi connectivity index (χ0n) is 20.3. The molecule has 0 fully saturated rings. The number of hydrogen-bond acceptors (Lipinski definition) is 8. The number of aromatic amines is 1. The molecule has 0 aliphatic heterocycles. The maximum atomic E-state index is 12.3. The zero-order chi connectivity index (χ0) is 25.9. The molecule has 0 aliphatic rings. The SMILES string of the molecule is COC(COc1nccc(-c2cc(-c3c(C)ccc4[nH]ncc34)c(N)c(C(N)=O)n2)n1)c1ccccc1. The van der Waals surface area contributed by atoms with Crippen molar-refractivity contribution in [2.75, 3.05) is 19.5 Å². The van der Waals surface area contributed by atoms with Crippen LogP contribution < -0.4 is 16.2 Å². The predicted octanol–water partition coefficient (Wildman–Crippen LogP) is 3.84. The van der Waals surface area contributed by atoms with Crippen LogP contribution >= 0.6 is 0 Å². The van der Waals surface area contributed by atoms with Crippen LogP contribution in [0.15, 0.2) is 67.0 Å². The topological polar surface area (TPSA) is 155 Å². The number of carbonyl (C=O) groups is 1. The standard InChI is InChI=1S/C27H25N7O3/c1-15-8-9-19-18(13-31-34-19)23(15)17-12-21(32-25(24(17)28)26(29)35)20-10-11-30-27(33-20)37-14-22(36-2)16-6-4-3-5-7-16/h3-13,22H,14,28H2,1-2H3,(H2,29,35)(H,31,34). The summed E-state index contributed by atoms with van der Waals surface area (Å²) in [5.41, 5.74) is 17.2. The van der Waals surface area contributed by atoms with Crippen LogP contribution in [0.1, 0.15) is 27.7 Å². The van der Waals surface area contributed by atoms with E-state index in [2.05, 4.69) is 25.1 Å². The summed E-state index contributed by atoms with van der Waals surface area (Å²) in [6.07, 6.45) is 2.98. The van der Waals surface area contributed by atoms with Gasteiger partial charge in [0.15, 0.2) is 5.69 Å². The number of nitrogen functional groups attached to an aromatic ring is 1. The van der Waals surface area contributed by atoms with Gasteiger partial charge in [0.1, 0.15) is 12.7 Å². The van der Waals surface area contributed by atoms with Gasteiger partial charge in [-0.1, -0.05) is 36.4 Å². The molecule has 0 saturated carbocycles. The first kappa shape index (κ1) is 23.9. The third kappa shape index (κ3) is 4.69. The summed E-state index contributed by atoms with van der Waals surface area (Å²) in [7, 11) is 1.62. The molecule has 0 spiro atoms. The van der Waals surface area contributed by atoms with Crippen LogP contribution in [0.3, 0.4) is 0 Å². The summed E-state index contributed by atoms with van der Waals surface area (Å²) < 4.78 is 11.4. The zero-order valence-corrected chi connectivity index (χ0v) is 20.3. The van der Waals surface area contributed by atoms with Gasteiger partial charge in [-0.3, -0.25) is 9.89 Å². The second-order valence-electron chi connectivity index (χ2n) is 8.44. The molecule has 5 rings (SSSR count). The number of amides is 1. The number of nitrogens with two attached hydrogens (primary N) is 2. The predicted molar refractivity (Wildman–Crippen MR) is 140 cm³/mol. The van der Waals surface area contributed by atoms with Crippen molar-refractivity contribution < 1.29 is 14.3 Å². The molecule has 1 amide bonds. The van der Waals surface area contributed by atoms with E-state index in [0.29, 0.717) is 17.0 Å². The Bertz CT molecular complexity index is 1580. The second kappa shape index (κ2) is 10.0. The summed E-state index contributed by atoms with van der Waals surface area (Å²) in [6.45, 7) is 2.17. The summed E-state index contributed by atoms with van der Waals surface area (Å²) in [4.78, 5) is 25.5. The number of aromatic nitrogens is 5. The van der Waals surface area contributed by atoms with Crippen molar-refractivity contribution in [3.05, 3.63) is 83.8 Å². The molecule has 5 N–H and O–H groups in total. The maximum absolute atomic E-state index is 12.3. The van der Waals surface area contributed by atoms with E-state index in [1.807, 2.05) is 49.4 Å². The minimum absolute atomic E-state index is 0.0444. The Morgan fingerprint density at radius 3 is 2.65 bits per heavy atom. The number of rotatable bonds is 8. The van der Waals surface area contributed by atoms with Crippen LogP contribution in [-0.2, 0) is 4.74 Å². The number of methoxy groups -OCH3 is 1. The van der Waals surface area contributed by atoms with Crippen LogP contribution in [0.5, 0.6) is 6.01 Å². The number of primary amides is 1. The first-order valence-corrected chi connectivity index (χ1v) is 11.5. The molecule has 0 aliphatic carbocycles. The van der Waals surface area contributed by atoms with Gasteiger partial charge in [0.2, 0.25) is 0 Å². The van der Waals surface area contributed by atoms with Gasteiger partial charge >= 0.3 is 6.01 Å². The van der Waals surface area contributed by atoms with Gasteiger partial charge in [-0.25, -0.2) is 9.97 Å². The summed E-state index contributed by atoms with van der Waals surface area (Å²) in [5.74, 6) is -0.742. The van der Waals surface area contributed by atoms with Crippen LogP contribution in [0.25, 0.3) is 33.4 Å². The molecule has 37 heavy (non-hydrogen) atoms. The number of hydrogen-bond donors (Lipinski definition) is 3. The number of ether oxygens (including phenoxy) is 2. The summed E-state index contributed by atoms with van der Waals surface area (Å²) in [5, 5.41) is 7.97. The average molecular weight is 496 g/mol. The number of benzene rings is 2. The molecule has 1 unspecified atom stereocenters. The molecule has 5 aromatic rings. The fourth-order valence-corrected chi connectivity index (χ4v) is 4.24. The van der Waals surface area contributed by atoms with Gasteiger partial charge in [-0.05, 0) is 41.8 Å². The van der Waals surface area contributed by atoms with Gasteiger partial charge in [-0.2, -0.15) is 10.1 Å². The molecule has 0 bridgehead atoms. The lowest BCUT2D eigenvalue weighted by atomic mass is 9.94. The van der Waals surface area contributed by atoms with E-state index in [-0.39, 0.29) is 30.1 Å². The number of pyridine rings is 1. The minimum Gasteiger partial charge on any atom is -0.460 e. The van der Waals surface area contributed by atoms with Gasteiger partial charge in [0, 0.05) is 24.3 Å². The second-order valence-corrected chi connectivity index (χ2v) is 8.44. The number of fused-ring (bicyclic) bond motifs is 1. The maximum Gasteiger partial charge on any atom is 0.317 e. The molecule has 1 atom stereocenters. The lowest BCUT2D eigenvalue weighted by Gasteiger charge is -2.16. The lowest BCUT2D eigenvalue weighted by Crippen LogP contribution is -2.17. The van der Waals surface area contributed by atoms with Crippen molar-refractivity contribution in [2.45, 2.75) is 13.0 Å². The molecule has 10 nitrogen and oxygen atoms in total. The molecular weight excluding hydrogens is 470 g/mol. The van der Waals surface area contributed by atoms with Crippen molar-refractivity contribution in [3.8, 4) is 28.5 Å². The number of H-pyrrole nitrogens is 1. The summed E-state index contributed by atoms with van der Waals surface area (Å²) in [6, 6.07) is 17.2. The molecule has 2 aromatic carbocycles. The van der Waals surface area contributed by atoms with Crippen molar-refractivity contribution >= 4 is 22.5 Å². The first-order valence-electron chi connectivity index (χ1n) is 11.5. The normalized spacial score (nSPS) is 11.9.